The number of benzene rings is 3. The molecule has 1 N–H and O–H groups in total. The van der Waals surface area contributed by atoms with Gasteiger partial charge in [-0.2, -0.15) is 5.10 Å². The minimum atomic E-state index is -0.439. The van der Waals surface area contributed by atoms with E-state index in [1.165, 1.54) is 6.07 Å². The molecule has 0 aliphatic heterocycles. The molecule has 5 aromatic rings. The van der Waals surface area contributed by atoms with Crippen molar-refractivity contribution in [1.82, 2.24) is 20.1 Å². The number of hydrogen-bond acceptors (Lipinski definition) is 4. The first-order valence-corrected chi connectivity index (χ1v) is 11.3. The Hall–Kier alpha value is -4.52. The van der Waals surface area contributed by atoms with Gasteiger partial charge in [0.15, 0.2) is 17.2 Å². The zero-order valence-corrected chi connectivity index (χ0v) is 19.1. The molecule has 0 atom stereocenters. The Morgan fingerprint density at radius 2 is 1.66 bits per heavy atom. The molecule has 0 bridgehead atoms. The highest BCUT2D eigenvalue weighted by Gasteiger charge is 2.21. The highest BCUT2D eigenvalue weighted by molar-refractivity contribution is 6.07. The third kappa shape index (κ3) is 4.61. The van der Waals surface area contributed by atoms with E-state index in [4.69, 9.17) is 14.8 Å². The number of pyridine rings is 1. The van der Waals surface area contributed by atoms with Gasteiger partial charge in [0, 0.05) is 5.56 Å². The van der Waals surface area contributed by atoms with Crippen LogP contribution in [0.15, 0.2) is 91.0 Å². The van der Waals surface area contributed by atoms with Gasteiger partial charge in [0.25, 0.3) is 5.91 Å². The van der Waals surface area contributed by atoms with E-state index in [9.17, 15) is 9.18 Å². The third-order valence-electron chi connectivity index (χ3n) is 5.61. The summed E-state index contributed by atoms with van der Waals surface area (Å²) in [6.07, 6.45) is 0. The summed E-state index contributed by atoms with van der Waals surface area (Å²) in [5.41, 5.74) is 4.19. The van der Waals surface area contributed by atoms with E-state index in [-0.39, 0.29) is 24.8 Å². The number of aryl methyl sites for hydroxylation is 1. The summed E-state index contributed by atoms with van der Waals surface area (Å²) in [6.45, 7) is 2.21. The minimum absolute atomic E-state index is 0.134. The molecule has 7 heteroatoms. The largest absolute Gasteiger partial charge is 0.489 e. The fourth-order valence-corrected chi connectivity index (χ4v) is 3.96. The number of carbonyl (C=O) groups excluding carboxylic acids is 1. The van der Waals surface area contributed by atoms with Gasteiger partial charge < -0.3 is 10.1 Å². The van der Waals surface area contributed by atoms with Gasteiger partial charge in [-0.15, -0.1) is 0 Å². The predicted molar refractivity (Wildman–Crippen MR) is 133 cm³/mol. The lowest BCUT2D eigenvalue weighted by molar-refractivity contribution is 0.0948. The van der Waals surface area contributed by atoms with Crippen molar-refractivity contribution in [1.29, 1.82) is 0 Å². The van der Waals surface area contributed by atoms with E-state index in [1.54, 1.807) is 28.9 Å². The molecule has 5 rings (SSSR count). The molecular weight excluding hydrogens is 443 g/mol. The molecule has 0 fully saturated rings. The summed E-state index contributed by atoms with van der Waals surface area (Å²) >= 11 is 0. The Balaban J connectivity index is 1.49. The third-order valence-corrected chi connectivity index (χ3v) is 5.61. The van der Waals surface area contributed by atoms with Crippen molar-refractivity contribution >= 4 is 16.9 Å². The van der Waals surface area contributed by atoms with Crippen LogP contribution in [0, 0.1) is 12.7 Å². The second-order valence-corrected chi connectivity index (χ2v) is 7.99. The van der Waals surface area contributed by atoms with Gasteiger partial charge in [0.1, 0.15) is 6.61 Å². The Labute approximate surface area is 202 Å². The molecule has 1 amide bonds. The Kier molecular flexibility index (Phi) is 6.22. The Morgan fingerprint density at radius 1 is 0.971 bits per heavy atom. The highest BCUT2D eigenvalue weighted by atomic mass is 19.1. The van der Waals surface area contributed by atoms with Gasteiger partial charge in [-0.25, -0.2) is 14.1 Å². The summed E-state index contributed by atoms with van der Waals surface area (Å²) in [6, 6.07) is 27.4. The highest BCUT2D eigenvalue weighted by Crippen LogP contribution is 2.28. The van der Waals surface area contributed by atoms with Crippen LogP contribution in [0.3, 0.4) is 0 Å². The van der Waals surface area contributed by atoms with E-state index in [1.807, 2.05) is 67.6 Å². The molecule has 0 aliphatic rings. The molecule has 2 aromatic heterocycles. The predicted octanol–water partition coefficient (Wildman–Crippen LogP) is 5.34. The lowest BCUT2D eigenvalue weighted by Crippen LogP contribution is -2.28. The van der Waals surface area contributed by atoms with Crippen molar-refractivity contribution < 1.29 is 13.9 Å². The van der Waals surface area contributed by atoms with Crippen LogP contribution in [0.4, 0.5) is 4.39 Å². The number of amides is 1. The Morgan fingerprint density at radius 3 is 2.40 bits per heavy atom. The molecule has 174 valence electrons. The fourth-order valence-electron chi connectivity index (χ4n) is 3.96. The number of aromatic nitrogens is 3. The number of nitrogens with zero attached hydrogens (tertiary/aromatic N) is 3. The molecule has 6 nitrogen and oxygen atoms in total. The summed E-state index contributed by atoms with van der Waals surface area (Å²) in [7, 11) is 0. The maximum absolute atomic E-state index is 13.8. The van der Waals surface area contributed by atoms with Crippen molar-refractivity contribution in [3.8, 4) is 22.7 Å². The van der Waals surface area contributed by atoms with Crippen LogP contribution in [-0.4, -0.2) is 33.8 Å². The summed E-state index contributed by atoms with van der Waals surface area (Å²) < 4.78 is 21.0. The monoisotopic (exact) mass is 466 g/mol. The number of carbonyl (C=O) groups is 1. The number of halogens is 1. The molecule has 35 heavy (non-hydrogen) atoms. The fraction of sp³-hybridized carbons (Fsp3) is 0.107. The number of para-hydroxylation sites is 2. The normalized spacial score (nSPS) is 10.9. The van der Waals surface area contributed by atoms with Crippen LogP contribution >= 0.6 is 0 Å². The van der Waals surface area contributed by atoms with Crippen molar-refractivity contribution in [3.05, 3.63) is 108 Å². The van der Waals surface area contributed by atoms with Crippen molar-refractivity contribution in [2.24, 2.45) is 0 Å². The smallest absolute Gasteiger partial charge is 0.252 e. The Bertz CT molecular complexity index is 1480. The topological polar surface area (TPSA) is 69.0 Å². The van der Waals surface area contributed by atoms with Crippen LogP contribution < -0.4 is 10.1 Å². The number of ether oxygens (including phenoxy) is 1. The SMILES string of the molecule is Cc1nn(-c2ccccc2)c2nc(-c3ccccc3)cc(C(=O)NCCOc3ccccc3F)c12. The molecule has 0 saturated carbocycles. The van der Waals surface area contributed by atoms with Crippen LogP contribution in [-0.2, 0) is 0 Å². The maximum Gasteiger partial charge on any atom is 0.252 e. The number of hydrogen-bond donors (Lipinski definition) is 1. The van der Waals surface area contributed by atoms with Crippen LogP contribution in [0.1, 0.15) is 16.1 Å². The number of nitrogens with one attached hydrogen (secondary N) is 1. The summed E-state index contributed by atoms with van der Waals surface area (Å²) in [4.78, 5) is 18.2. The molecule has 0 aliphatic carbocycles. The molecule has 0 radical (unpaired) electrons. The van der Waals surface area contributed by atoms with Crippen molar-refractivity contribution in [2.75, 3.05) is 13.2 Å². The van der Waals surface area contributed by atoms with Crippen molar-refractivity contribution in [2.45, 2.75) is 6.92 Å². The first-order chi connectivity index (χ1) is 17.1. The van der Waals surface area contributed by atoms with Crippen LogP contribution in [0.2, 0.25) is 0 Å². The molecule has 2 heterocycles. The van der Waals surface area contributed by atoms with Gasteiger partial charge in [0.05, 0.1) is 34.6 Å². The summed E-state index contributed by atoms with van der Waals surface area (Å²) in [5.74, 6) is -0.562. The van der Waals surface area contributed by atoms with E-state index >= 15 is 0 Å². The van der Waals surface area contributed by atoms with Crippen LogP contribution in [0.5, 0.6) is 5.75 Å². The zero-order chi connectivity index (χ0) is 24.2. The van der Waals surface area contributed by atoms with Gasteiger partial charge in [-0.3, -0.25) is 4.79 Å². The average Bonchev–Trinajstić information content (AvgIpc) is 3.24. The van der Waals surface area contributed by atoms with Crippen molar-refractivity contribution in [3.63, 3.8) is 0 Å². The lowest BCUT2D eigenvalue weighted by atomic mass is 10.0. The van der Waals surface area contributed by atoms with Gasteiger partial charge >= 0.3 is 0 Å². The second-order valence-electron chi connectivity index (χ2n) is 7.99. The van der Waals surface area contributed by atoms with Gasteiger partial charge in [0.2, 0.25) is 0 Å². The zero-order valence-electron chi connectivity index (χ0n) is 19.1. The quantitative estimate of drug-likeness (QED) is 0.329. The van der Waals surface area contributed by atoms with Gasteiger partial charge in [-0.05, 0) is 37.3 Å². The summed E-state index contributed by atoms with van der Waals surface area (Å²) in [5, 5.41) is 8.26. The number of rotatable bonds is 7. The molecule has 0 saturated heterocycles. The average molecular weight is 467 g/mol. The maximum atomic E-state index is 13.8. The molecular formula is C28H23FN4O2. The van der Waals surface area contributed by atoms with Crippen LogP contribution in [0.25, 0.3) is 28.0 Å². The molecule has 0 unspecified atom stereocenters. The van der Waals surface area contributed by atoms with E-state index in [0.717, 1.165) is 11.3 Å². The van der Waals surface area contributed by atoms with Gasteiger partial charge in [-0.1, -0.05) is 60.7 Å². The number of fused-ring (bicyclic) bond motifs is 1. The molecule has 0 spiro atoms. The molecule has 3 aromatic carbocycles. The second kappa shape index (κ2) is 9.77. The lowest BCUT2D eigenvalue weighted by Gasteiger charge is -2.11. The van der Waals surface area contributed by atoms with E-state index in [0.29, 0.717) is 28.0 Å². The first kappa shape index (κ1) is 22.3. The minimum Gasteiger partial charge on any atom is -0.489 e. The first-order valence-electron chi connectivity index (χ1n) is 11.3. The standard InChI is InChI=1S/C28H23FN4O2/c1-19-26-22(28(34)30-16-17-35-25-15-9-8-14-23(25)29)18-24(20-10-4-2-5-11-20)31-27(26)33(32-19)21-12-6-3-7-13-21/h2-15,18H,16-17H2,1H3,(H,30,34). The van der Waals surface area contributed by atoms with E-state index < -0.39 is 5.82 Å². The van der Waals surface area contributed by atoms with E-state index in [2.05, 4.69) is 5.32 Å².